The molecule has 1 fully saturated rings. The standard InChI is InChI=1S/C15H14BrIN2O3S/c1-4-22-12-10(16)6-8(7-11(12)17)5-9-13(20)18(2)15(23)19(3)14(9)21/h5-7H,4H2,1-3H3. The van der Waals surface area contributed by atoms with Crippen molar-refractivity contribution in [2.45, 2.75) is 6.92 Å². The van der Waals surface area contributed by atoms with Crippen molar-refractivity contribution in [3.63, 3.8) is 0 Å². The highest BCUT2D eigenvalue weighted by Crippen LogP contribution is 2.33. The summed E-state index contributed by atoms with van der Waals surface area (Å²) >= 11 is 10.7. The molecule has 1 heterocycles. The number of ether oxygens (including phenoxy) is 1. The molecule has 0 spiro atoms. The van der Waals surface area contributed by atoms with Gasteiger partial charge in [0.15, 0.2) is 5.11 Å². The molecule has 1 aliphatic rings. The minimum Gasteiger partial charge on any atom is -0.492 e. The van der Waals surface area contributed by atoms with E-state index in [1.165, 1.54) is 9.80 Å². The zero-order valence-electron chi connectivity index (χ0n) is 12.7. The van der Waals surface area contributed by atoms with E-state index in [1.807, 2.05) is 19.1 Å². The second-order valence-electron chi connectivity index (χ2n) is 4.82. The molecule has 0 radical (unpaired) electrons. The normalized spacial score (nSPS) is 15.3. The highest BCUT2D eigenvalue weighted by Gasteiger charge is 2.35. The van der Waals surface area contributed by atoms with E-state index in [2.05, 4.69) is 38.5 Å². The number of likely N-dealkylation sites (N-methyl/N-ethyl adjacent to an activating group) is 2. The molecule has 0 unspecified atom stereocenters. The lowest BCUT2D eigenvalue weighted by atomic mass is 10.1. The Morgan fingerprint density at radius 2 is 1.83 bits per heavy atom. The number of halogens is 2. The van der Waals surface area contributed by atoms with Gasteiger partial charge in [-0.3, -0.25) is 19.4 Å². The maximum Gasteiger partial charge on any atom is 0.265 e. The Kier molecular flexibility index (Phi) is 5.79. The van der Waals surface area contributed by atoms with Crippen molar-refractivity contribution in [2.24, 2.45) is 0 Å². The maximum absolute atomic E-state index is 12.3. The van der Waals surface area contributed by atoms with E-state index in [0.29, 0.717) is 6.61 Å². The molecule has 0 N–H and O–H groups in total. The molecule has 2 amide bonds. The number of benzene rings is 1. The van der Waals surface area contributed by atoms with Gasteiger partial charge in [0.1, 0.15) is 11.3 Å². The first-order valence-electron chi connectivity index (χ1n) is 6.71. The molecule has 8 heteroatoms. The van der Waals surface area contributed by atoms with E-state index in [-0.39, 0.29) is 10.7 Å². The fraction of sp³-hybridized carbons (Fsp3) is 0.267. The van der Waals surface area contributed by atoms with Crippen LogP contribution in [0.25, 0.3) is 6.08 Å². The highest BCUT2D eigenvalue weighted by molar-refractivity contribution is 14.1. The summed E-state index contributed by atoms with van der Waals surface area (Å²) in [6, 6.07) is 3.67. The maximum atomic E-state index is 12.3. The molecule has 5 nitrogen and oxygen atoms in total. The van der Waals surface area contributed by atoms with Crippen LogP contribution in [0.5, 0.6) is 5.75 Å². The first kappa shape index (κ1) is 18.3. The van der Waals surface area contributed by atoms with Crippen molar-refractivity contribution in [3.8, 4) is 5.75 Å². The van der Waals surface area contributed by atoms with Crippen LogP contribution in [0, 0.1) is 3.57 Å². The molecule has 2 rings (SSSR count). The van der Waals surface area contributed by atoms with Gasteiger partial charge in [-0.05, 0) is 81.4 Å². The summed E-state index contributed by atoms with van der Waals surface area (Å²) in [6.45, 7) is 2.46. The molecule has 0 aliphatic carbocycles. The number of carbonyl (C=O) groups is 2. The topological polar surface area (TPSA) is 49.9 Å². The molecule has 1 aromatic carbocycles. The fourth-order valence-corrected chi connectivity index (χ4v) is 4.02. The van der Waals surface area contributed by atoms with E-state index in [9.17, 15) is 9.59 Å². The van der Waals surface area contributed by atoms with Crippen molar-refractivity contribution in [1.82, 2.24) is 9.80 Å². The fourth-order valence-electron chi connectivity index (χ4n) is 2.09. The van der Waals surface area contributed by atoms with Crippen molar-refractivity contribution >= 4 is 73.7 Å². The van der Waals surface area contributed by atoms with Gasteiger partial charge in [-0.15, -0.1) is 0 Å². The first-order chi connectivity index (χ1) is 10.8. The van der Waals surface area contributed by atoms with Crippen LogP contribution >= 0.6 is 50.7 Å². The second-order valence-corrected chi connectivity index (χ2v) is 7.20. The van der Waals surface area contributed by atoms with E-state index in [0.717, 1.165) is 19.4 Å². The molecule has 1 aliphatic heterocycles. The van der Waals surface area contributed by atoms with Crippen LogP contribution in [0.15, 0.2) is 22.2 Å². The number of carbonyl (C=O) groups excluding carboxylic acids is 2. The summed E-state index contributed by atoms with van der Waals surface area (Å²) in [7, 11) is 3.11. The molecule has 0 aromatic heterocycles. The van der Waals surface area contributed by atoms with Crippen molar-refractivity contribution in [2.75, 3.05) is 20.7 Å². The van der Waals surface area contributed by atoms with Crippen LogP contribution in [0.3, 0.4) is 0 Å². The van der Waals surface area contributed by atoms with Gasteiger partial charge in [0.25, 0.3) is 11.8 Å². The van der Waals surface area contributed by atoms with Crippen molar-refractivity contribution < 1.29 is 14.3 Å². The van der Waals surface area contributed by atoms with Gasteiger partial charge in [-0.1, -0.05) is 0 Å². The highest BCUT2D eigenvalue weighted by atomic mass is 127. The Morgan fingerprint density at radius 3 is 2.30 bits per heavy atom. The molecule has 122 valence electrons. The third-order valence-corrected chi connectivity index (χ3v) is 5.20. The average molecular weight is 509 g/mol. The lowest BCUT2D eigenvalue weighted by Crippen LogP contribution is -2.52. The molecule has 0 atom stereocenters. The van der Waals surface area contributed by atoms with Crippen LogP contribution in [0.2, 0.25) is 0 Å². The third-order valence-electron chi connectivity index (χ3n) is 3.26. The minimum absolute atomic E-state index is 0.0791. The average Bonchev–Trinajstić information content (AvgIpc) is 2.51. The number of thiocarbonyl (C=S) groups is 1. The predicted octanol–water partition coefficient (Wildman–Crippen LogP) is 3.05. The second kappa shape index (κ2) is 7.27. The summed E-state index contributed by atoms with van der Waals surface area (Å²) < 4.78 is 7.22. The predicted molar refractivity (Wildman–Crippen MR) is 104 cm³/mol. The Labute approximate surface area is 161 Å². The van der Waals surface area contributed by atoms with Gasteiger partial charge in [-0.25, -0.2) is 0 Å². The summed E-state index contributed by atoms with van der Waals surface area (Å²) in [5.74, 6) is -0.0665. The van der Waals surface area contributed by atoms with Crippen LogP contribution in [-0.2, 0) is 9.59 Å². The van der Waals surface area contributed by atoms with Crippen LogP contribution < -0.4 is 4.74 Å². The number of nitrogens with zero attached hydrogens (tertiary/aromatic N) is 2. The first-order valence-corrected chi connectivity index (χ1v) is 8.99. The minimum atomic E-state index is -0.405. The van der Waals surface area contributed by atoms with Gasteiger partial charge in [0.2, 0.25) is 0 Å². The molecule has 23 heavy (non-hydrogen) atoms. The smallest absolute Gasteiger partial charge is 0.265 e. The zero-order chi connectivity index (χ0) is 17.3. The SMILES string of the molecule is CCOc1c(Br)cc(C=C2C(=O)N(C)C(=S)N(C)C2=O)cc1I. The number of hydrogen-bond donors (Lipinski definition) is 0. The summed E-state index contributed by atoms with van der Waals surface area (Å²) in [5, 5.41) is 0.194. The molecule has 1 saturated heterocycles. The van der Waals surface area contributed by atoms with Gasteiger partial charge in [0.05, 0.1) is 14.6 Å². The number of hydrogen-bond acceptors (Lipinski definition) is 4. The molecular formula is C15H14BrIN2O3S. The van der Waals surface area contributed by atoms with Crippen molar-refractivity contribution in [3.05, 3.63) is 31.3 Å². The van der Waals surface area contributed by atoms with Gasteiger partial charge in [0, 0.05) is 14.1 Å². The Balaban J connectivity index is 2.47. The van der Waals surface area contributed by atoms with E-state index < -0.39 is 11.8 Å². The number of amides is 2. The van der Waals surface area contributed by atoms with Crippen LogP contribution in [0.1, 0.15) is 12.5 Å². The third kappa shape index (κ3) is 3.58. The van der Waals surface area contributed by atoms with E-state index in [1.54, 1.807) is 20.2 Å². The lowest BCUT2D eigenvalue weighted by Gasteiger charge is -2.31. The molecular weight excluding hydrogens is 495 g/mol. The van der Waals surface area contributed by atoms with E-state index in [4.69, 9.17) is 17.0 Å². The molecule has 0 bridgehead atoms. The molecule has 1 aromatic rings. The van der Waals surface area contributed by atoms with Gasteiger partial charge < -0.3 is 4.74 Å². The summed E-state index contributed by atoms with van der Waals surface area (Å²) in [4.78, 5) is 27.2. The largest absolute Gasteiger partial charge is 0.492 e. The summed E-state index contributed by atoms with van der Waals surface area (Å²) in [5.41, 5.74) is 0.812. The van der Waals surface area contributed by atoms with E-state index >= 15 is 0 Å². The summed E-state index contributed by atoms with van der Waals surface area (Å²) in [6.07, 6.45) is 1.57. The Bertz CT molecular complexity index is 686. The van der Waals surface area contributed by atoms with Gasteiger partial charge >= 0.3 is 0 Å². The van der Waals surface area contributed by atoms with Crippen LogP contribution in [-0.4, -0.2) is 47.4 Å². The van der Waals surface area contributed by atoms with Crippen LogP contribution in [0.4, 0.5) is 0 Å². The van der Waals surface area contributed by atoms with Crippen molar-refractivity contribution in [1.29, 1.82) is 0 Å². The lowest BCUT2D eigenvalue weighted by molar-refractivity contribution is -0.132. The number of rotatable bonds is 3. The zero-order valence-corrected chi connectivity index (χ0v) is 17.3. The monoisotopic (exact) mass is 508 g/mol. The Morgan fingerprint density at radius 1 is 1.26 bits per heavy atom. The van der Waals surface area contributed by atoms with Gasteiger partial charge in [-0.2, -0.15) is 0 Å². The molecule has 0 saturated carbocycles. The Hall–Kier alpha value is -1.00. The quantitative estimate of drug-likeness (QED) is 0.272.